The van der Waals surface area contributed by atoms with Crippen molar-refractivity contribution in [3.63, 3.8) is 0 Å². The minimum absolute atomic E-state index is 0.0158. The van der Waals surface area contributed by atoms with Gasteiger partial charge in [0.2, 0.25) is 0 Å². The summed E-state index contributed by atoms with van der Waals surface area (Å²) >= 11 is 1.96. The average Bonchev–Trinajstić information content (AvgIpc) is 1.15. The van der Waals surface area contributed by atoms with Crippen LogP contribution in [0, 0.1) is 6.92 Å². The summed E-state index contributed by atoms with van der Waals surface area (Å²) in [7, 11) is 0. The molecule has 3 heterocycles. The molecule has 0 saturated heterocycles. The van der Waals surface area contributed by atoms with Gasteiger partial charge in [-0.1, -0.05) is 184 Å². The van der Waals surface area contributed by atoms with Gasteiger partial charge in [0.1, 0.15) is 0 Å². The van der Waals surface area contributed by atoms with Gasteiger partial charge < -0.3 is 14.7 Å². The maximum absolute atomic E-state index is 2.72. The van der Waals surface area contributed by atoms with Crippen molar-refractivity contribution in [2.75, 3.05) is 14.7 Å². The Labute approximate surface area is 495 Å². The van der Waals surface area contributed by atoms with Gasteiger partial charge >= 0.3 is 0 Å². The quantitative estimate of drug-likeness (QED) is 0.159. The molecule has 8 aromatic carbocycles. The average molecular weight is 1100 g/mol. The highest BCUT2D eigenvalue weighted by molar-refractivity contribution is 7.26. The highest BCUT2D eigenvalue weighted by Gasteiger charge is 2.48. The number of anilines is 9. The molecule has 1 aromatic heterocycles. The largest absolute Gasteiger partial charge is 0.311 e. The zero-order valence-corrected chi connectivity index (χ0v) is 53.3. The highest BCUT2D eigenvalue weighted by atomic mass is 32.1. The molecule has 0 radical (unpaired) electrons. The van der Waals surface area contributed by atoms with Crippen LogP contribution in [0.4, 0.5) is 51.2 Å². The zero-order valence-electron chi connectivity index (χ0n) is 52.5. The van der Waals surface area contributed by atoms with Crippen molar-refractivity contribution in [3.8, 4) is 0 Å². The molecule has 5 heteroatoms. The number of hydrogen-bond donors (Lipinski definition) is 0. The molecule has 0 N–H and O–H groups in total. The fourth-order valence-electron chi connectivity index (χ4n) is 14.8. The van der Waals surface area contributed by atoms with Gasteiger partial charge in [-0.3, -0.25) is 0 Å². The molecule has 0 bridgehead atoms. The maximum atomic E-state index is 2.72. The molecule has 0 spiro atoms. The third kappa shape index (κ3) is 8.62. The molecule has 9 aromatic rings. The molecule has 13 rings (SSSR count). The van der Waals surface area contributed by atoms with Crippen molar-refractivity contribution in [1.29, 1.82) is 0 Å². The minimum Gasteiger partial charge on any atom is -0.311 e. The SMILES string of the molecule is Cc1cc2c3c(c1)N(c1ccc(C(C)(C)C)c4sc5ccccc5c14)c1cc(N(c4ccc(C(C)(C)C)cc4)c4ccc(C(C)(C)C)cc4)ccc1B3c1cc3c(cc1N2c1ccc2c(c1)C(C)(C)CCC2(C)C)C(C)(C)CCC3(C)C. The molecule has 2 aliphatic carbocycles. The Hall–Kier alpha value is -6.56. The summed E-state index contributed by atoms with van der Waals surface area (Å²) in [6, 6.07) is 58.3. The number of fused-ring (bicyclic) bond motifs is 9. The van der Waals surface area contributed by atoms with E-state index in [1.165, 1.54) is 128 Å². The molecule has 0 saturated carbocycles. The van der Waals surface area contributed by atoms with Crippen molar-refractivity contribution >= 4 is 106 Å². The molecule has 82 heavy (non-hydrogen) atoms. The van der Waals surface area contributed by atoms with Gasteiger partial charge in [-0.2, -0.15) is 0 Å². The lowest BCUT2D eigenvalue weighted by Crippen LogP contribution is -2.62. The summed E-state index contributed by atoms with van der Waals surface area (Å²) < 4.78 is 2.69. The second-order valence-electron chi connectivity index (χ2n) is 30.9. The van der Waals surface area contributed by atoms with Gasteiger partial charge in [-0.05, 0) is 210 Å². The molecular weight excluding hydrogens is 1010 g/mol. The van der Waals surface area contributed by atoms with E-state index in [-0.39, 0.29) is 44.6 Å². The van der Waals surface area contributed by atoms with Crippen molar-refractivity contribution in [3.05, 3.63) is 190 Å². The van der Waals surface area contributed by atoms with Crippen molar-refractivity contribution < 1.29 is 0 Å². The zero-order chi connectivity index (χ0) is 58.2. The van der Waals surface area contributed by atoms with Crippen LogP contribution in [0.3, 0.4) is 0 Å². The summed E-state index contributed by atoms with van der Waals surface area (Å²) in [6.07, 6.45) is 4.67. The first-order chi connectivity index (χ1) is 38.4. The van der Waals surface area contributed by atoms with Crippen LogP contribution in [-0.4, -0.2) is 6.71 Å². The Bertz CT molecular complexity index is 4010. The molecule has 4 aliphatic rings. The van der Waals surface area contributed by atoms with E-state index in [2.05, 4.69) is 285 Å². The number of rotatable bonds is 5. The summed E-state index contributed by atoms with van der Waals surface area (Å²) in [5.41, 5.74) is 26.5. The fourth-order valence-corrected chi connectivity index (χ4v) is 16.3. The van der Waals surface area contributed by atoms with Crippen molar-refractivity contribution in [1.82, 2.24) is 0 Å². The lowest BCUT2D eigenvalue weighted by atomic mass is 9.33. The van der Waals surface area contributed by atoms with E-state index >= 15 is 0 Å². The lowest BCUT2D eigenvalue weighted by molar-refractivity contribution is 0.332. The van der Waals surface area contributed by atoms with E-state index in [1.807, 2.05) is 11.3 Å². The van der Waals surface area contributed by atoms with E-state index in [0.717, 1.165) is 29.9 Å². The van der Waals surface area contributed by atoms with Gasteiger partial charge in [0, 0.05) is 65.7 Å². The Morgan fingerprint density at radius 1 is 0.439 bits per heavy atom. The van der Waals surface area contributed by atoms with Crippen LogP contribution in [0.5, 0.6) is 0 Å². The van der Waals surface area contributed by atoms with Crippen LogP contribution in [-0.2, 0) is 37.9 Å². The second kappa shape index (κ2) is 18.2. The molecule has 3 nitrogen and oxygen atoms in total. The number of aryl methyl sites for hydroxylation is 1. The Morgan fingerprint density at radius 2 is 0.951 bits per heavy atom. The summed E-state index contributed by atoms with van der Waals surface area (Å²) in [5.74, 6) is 0. The van der Waals surface area contributed by atoms with E-state index in [9.17, 15) is 0 Å². The molecular formula is C77H86BN3S. The normalized spacial score (nSPS) is 17.5. The van der Waals surface area contributed by atoms with Crippen LogP contribution in [0.25, 0.3) is 20.2 Å². The third-order valence-corrected chi connectivity index (χ3v) is 21.3. The summed E-state index contributed by atoms with van der Waals surface area (Å²) in [4.78, 5) is 7.93. The van der Waals surface area contributed by atoms with Crippen LogP contribution >= 0.6 is 11.3 Å². The molecule has 418 valence electrons. The van der Waals surface area contributed by atoms with Crippen LogP contribution in [0.1, 0.15) is 188 Å². The molecule has 0 fully saturated rings. The van der Waals surface area contributed by atoms with Crippen molar-refractivity contribution in [2.45, 2.75) is 188 Å². The van der Waals surface area contributed by atoms with E-state index < -0.39 is 0 Å². The highest BCUT2D eigenvalue weighted by Crippen LogP contribution is 2.55. The van der Waals surface area contributed by atoms with Gasteiger partial charge in [0.25, 0.3) is 6.71 Å². The first kappa shape index (κ1) is 54.7. The molecule has 0 unspecified atom stereocenters. The number of nitrogens with zero attached hydrogens (tertiary/aromatic N) is 3. The molecule has 2 aliphatic heterocycles. The molecule has 0 atom stereocenters. The topological polar surface area (TPSA) is 9.72 Å². The van der Waals surface area contributed by atoms with Gasteiger partial charge in [-0.15, -0.1) is 11.3 Å². The van der Waals surface area contributed by atoms with Crippen LogP contribution < -0.4 is 31.1 Å². The van der Waals surface area contributed by atoms with Crippen molar-refractivity contribution in [2.24, 2.45) is 0 Å². The maximum Gasteiger partial charge on any atom is 0.252 e. The standard InChI is InChI=1S/C77H86BN3S/c1-47-41-65-69-66(42-47)81(62-36-34-56(73(8,9)10)70-68(62)54-21-19-20-22-67(54)82-70)63-44-53(79(50-27-23-48(24-28-50)71(2,3)4)51-29-25-49(26-30-51)72(5,6)7)32-35-60(63)78(69)61-45-58-59(77(17,18)40-39-76(58,15)16)46-64(61)80(65)52-31-33-55-57(43-52)75(13,14)38-37-74(55,11)12/h19-36,41-46H,37-40H2,1-18H3. The van der Waals surface area contributed by atoms with E-state index in [0.29, 0.717) is 0 Å². The van der Waals surface area contributed by atoms with Crippen LogP contribution in [0.15, 0.2) is 146 Å². The van der Waals surface area contributed by atoms with Gasteiger partial charge in [0.05, 0.1) is 5.69 Å². The number of thiophene rings is 1. The third-order valence-electron chi connectivity index (χ3n) is 20.1. The van der Waals surface area contributed by atoms with E-state index in [1.54, 1.807) is 0 Å². The van der Waals surface area contributed by atoms with Crippen LogP contribution in [0.2, 0.25) is 0 Å². The number of hydrogen-bond acceptors (Lipinski definition) is 4. The van der Waals surface area contributed by atoms with Gasteiger partial charge in [0.15, 0.2) is 0 Å². The first-order valence-electron chi connectivity index (χ1n) is 30.6. The Balaban J connectivity index is 1.15. The predicted octanol–water partition coefficient (Wildman–Crippen LogP) is 20.5. The Morgan fingerprint density at radius 3 is 1.52 bits per heavy atom. The first-order valence-corrected chi connectivity index (χ1v) is 31.4. The monoisotopic (exact) mass is 1100 g/mol. The fraction of sp³-hybridized carbons (Fsp3) is 0.377. The second-order valence-corrected chi connectivity index (χ2v) is 32.0. The Kier molecular flexibility index (Phi) is 12.2. The number of benzene rings is 8. The smallest absolute Gasteiger partial charge is 0.252 e. The molecule has 0 amide bonds. The summed E-state index contributed by atoms with van der Waals surface area (Å²) in [6.45, 7) is 43.2. The lowest BCUT2D eigenvalue weighted by Gasteiger charge is -2.48. The van der Waals surface area contributed by atoms with E-state index in [4.69, 9.17) is 0 Å². The minimum atomic E-state index is -0.0614. The van der Waals surface area contributed by atoms with Gasteiger partial charge in [-0.25, -0.2) is 0 Å². The predicted molar refractivity (Wildman–Crippen MR) is 359 cm³/mol. The summed E-state index contributed by atoms with van der Waals surface area (Å²) in [5, 5.41) is 2.64.